The van der Waals surface area contributed by atoms with Gasteiger partial charge < -0.3 is 60.1 Å². The lowest BCUT2D eigenvalue weighted by Crippen LogP contribution is -2.58. The molecule has 50 heavy (non-hydrogen) atoms. The minimum absolute atomic E-state index is 0.0431. The van der Waals surface area contributed by atoms with Crippen molar-refractivity contribution in [3.8, 4) is 34.8 Å². The van der Waals surface area contributed by atoms with Crippen LogP contribution in [0.15, 0.2) is 36.4 Å². The van der Waals surface area contributed by atoms with E-state index in [0.717, 1.165) is 22.3 Å². The summed E-state index contributed by atoms with van der Waals surface area (Å²) < 4.78 is 11.2. The average Bonchev–Trinajstić information content (AvgIpc) is 3.36. The first-order valence-electron chi connectivity index (χ1n) is 16.7. The van der Waals surface area contributed by atoms with Gasteiger partial charge in [0.15, 0.2) is 0 Å². The molecule has 1 spiro atoms. The number of fused-ring (bicyclic) bond motifs is 5. The summed E-state index contributed by atoms with van der Waals surface area (Å²) in [5, 5.41) is 80.8. The van der Waals surface area contributed by atoms with Crippen molar-refractivity contribution < 1.29 is 55.1 Å². The predicted octanol–water partition coefficient (Wildman–Crippen LogP) is -2.48. The van der Waals surface area contributed by atoms with Crippen molar-refractivity contribution in [3.63, 3.8) is 0 Å². The van der Waals surface area contributed by atoms with Gasteiger partial charge in [-0.3, -0.25) is 4.79 Å². The largest absolute Gasteiger partial charge is 0.394 e. The van der Waals surface area contributed by atoms with E-state index in [9.17, 15) is 45.6 Å². The van der Waals surface area contributed by atoms with E-state index >= 15 is 0 Å². The number of carbonyl (C=O) groups is 1. The van der Waals surface area contributed by atoms with E-state index in [-0.39, 0.29) is 5.91 Å². The summed E-state index contributed by atoms with van der Waals surface area (Å²) in [4.78, 5) is 16.7. The molecule has 268 valence electrons. The predicted molar refractivity (Wildman–Crippen MR) is 178 cm³/mol. The molecular weight excluding hydrogens is 648 g/mol. The summed E-state index contributed by atoms with van der Waals surface area (Å²) in [5.74, 6) is 11.8. The van der Waals surface area contributed by atoms with Crippen LogP contribution in [0.5, 0.6) is 0 Å². The zero-order valence-electron chi connectivity index (χ0n) is 27.9. The van der Waals surface area contributed by atoms with Gasteiger partial charge in [-0.05, 0) is 73.5 Å². The van der Waals surface area contributed by atoms with Gasteiger partial charge >= 0.3 is 0 Å². The van der Waals surface area contributed by atoms with Crippen LogP contribution in [0.4, 0.5) is 0 Å². The van der Waals surface area contributed by atoms with E-state index in [0.29, 0.717) is 43.6 Å². The van der Waals surface area contributed by atoms with E-state index in [2.05, 4.69) is 23.7 Å². The fourth-order valence-electron chi connectivity index (χ4n) is 7.45. The fourth-order valence-corrected chi connectivity index (χ4v) is 7.45. The zero-order chi connectivity index (χ0) is 35.9. The Bertz CT molecular complexity index is 1590. The molecule has 2 aromatic carbocycles. The lowest BCUT2D eigenvalue weighted by Gasteiger charge is -2.41. The molecule has 3 heterocycles. The highest BCUT2D eigenvalue weighted by Crippen LogP contribution is 2.54. The lowest BCUT2D eigenvalue weighted by atomic mass is 9.70. The molecule has 13 nitrogen and oxygen atoms in total. The first-order chi connectivity index (χ1) is 23.9. The number of likely N-dealkylation sites (N-methyl/N-ethyl adjacent to an activating group) is 1. The summed E-state index contributed by atoms with van der Waals surface area (Å²) in [6, 6.07) is 11.6. The third kappa shape index (κ3) is 6.68. The van der Waals surface area contributed by atoms with E-state index in [1.165, 1.54) is 0 Å². The molecular formula is C37H44N2O11. The standard InChI is InChI=1S/C37H44N2O11/c1-38(2)17-30(42)39-13-11-37(12-14-39)24-15-20(5-9-26-31(43)35(47)33(45)28(18-40)49-26)3-7-22(24)23-8-4-21(16-25(23)37)6-10-27-32(44)36(48)34(46)29(19-41)50-27/h3-4,7-8,15-16,26-29,31-36,40-41,43-48H,11-14,17-19H2,1-2H3. The van der Waals surface area contributed by atoms with Crippen molar-refractivity contribution in [3.05, 3.63) is 58.7 Å². The van der Waals surface area contributed by atoms with Gasteiger partial charge in [0.1, 0.15) is 61.0 Å². The number of rotatable bonds is 4. The highest BCUT2D eigenvalue weighted by molar-refractivity contribution is 5.83. The Morgan fingerprint density at radius 1 is 0.740 bits per heavy atom. The lowest BCUT2D eigenvalue weighted by molar-refractivity contribution is -0.214. The number of aliphatic hydroxyl groups is 8. The topological polar surface area (TPSA) is 204 Å². The molecule has 13 heteroatoms. The van der Waals surface area contributed by atoms with Gasteiger partial charge in [0.2, 0.25) is 5.91 Å². The van der Waals surface area contributed by atoms with Crippen LogP contribution in [-0.4, -0.2) is 165 Å². The smallest absolute Gasteiger partial charge is 0.236 e. The number of aliphatic hydroxyl groups excluding tert-OH is 8. The molecule has 6 rings (SSSR count). The second-order valence-corrected chi connectivity index (χ2v) is 13.8. The van der Waals surface area contributed by atoms with Crippen molar-refractivity contribution in [2.45, 2.75) is 79.3 Å². The Labute approximate surface area is 290 Å². The highest BCUT2D eigenvalue weighted by atomic mass is 16.5. The van der Waals surface area contributed by atoms with E-state index in [1.54, 1.807) is 0 Å². The minimum atomic E-state index is -1.53. The van der Waals surface area contributed by atoms with Crippen molar-refractivity contribution in [1.29, 1.82) is 0 Å². The Hall–Kier alpha value is -3.41. The number of likely N-dealkylation sites (tertiary alicyclic amines) is 1. The summed E-state index contributed by atoms with van der Waals surface area (Å²) in [7, 11) is 3.71. The maximum Gasteiger partial charge on any atom is 0.236 e. The van der Waals surface area contributed by atoms with Crippen molar-refractivity contribution in [2.24, 2.45) is 0 Å². The maximum atomic E-state index is 13.0. The number of hydrogen-bond donors (Lipinski definition) is 8. The second-order valence-electron chi connectivity index (χ2n) is 13.8. The van der Waals surface area contributed by atoms with Crippen LogP contribution in [-0.2, 0) is 19.7 Å². The molecule has 10 unspecified atom stereocenters. The van der Waals surface area contributed by atoms with Crippen molar-refractivity contribution >= 4 is 5.91 Å². The van der Waals surface area contributed by atoms with Crippen LogP contribution in [0.3, 0.4) is 0 Å². The van der Waals surface area contributed by atoms with Gasteiger partial charge in [-0.1, -0.05) is 35.8 Å². The van der Waals surface area contributed by atoms with Crippen LogP contribution in [0.2, 0.25) is 0 Å². The zero-order valence-corrected chi connectivity index (χ0v) is 27.9. The average molecular weight is 693 g/mol. The highest BCUT2D eigenvalue weighted by Gasteiger charge is 2.47. The summed E-state index contributed by atoms with van der Waals surface area (Å²) in [6.07, 6.45) is -12.1. The first kappa shape index (κ1) is 36.4. The Morgan fingerprint density at radius 2 is 1.18 bits per heavy atom. The molecule has 0 radical (unpaired) electrons. The third-order valence-corrected chi connectivity index (χ3v) is 10.3. The molecule has 8 N–H and O–H groups in total. The van der Waals surface area contributed by atoms with E-state index in [4.69, 9.17) is 9.47 Å². The monoisotopic (exact) mass is 692 g/mol. The summed E-state index contributed by atoms with van der Waals surface area (Å²) in [6.45, 7) is 0.243. The Kier molecular flexibility index (Phi) is 10.7. The van der Waals surface area contributed by atoms with Crippen LogP contribution in [0.1, 0.15) is 35.1 Å². The molecule has 3 fully saturated rings. The van der Waals surface area contributed by atoms with Crippen molar-refractivity contribution in [1.82, 2.24) is 9.80 Å². The number of benzene rings is 2. The molecule has 1 amide bonds. The summed E-state index contributed by atoms with van der Waals surface area (Å²) in [5.41, 5.74) is 4.79. The molecule has 10 atom stereocenters. The van der Waals surface area contributed by atoms with Gasteiger partial charge in [0, 0.05) is 29.6 Å². The first-order valence-corrected chi connectivity index (χ1v) is 16.7. The SMILES string of the molecule is CN(C)CC(=O)N1CCC2(CC1)c1cc(C#CC3OC(CO)C(O)C(O)C3O)ccc1-c1ccc(C#CC3OC(CO)C(O)C(O)C3O)cc12. The molecule has 3 saturated heterocycles. The van der Waals surface area contributed by atoms with Gasteiger partial charge in [-0.15, -0.1) is 0 Å². The number of nitrogens with zero attached hydrogens (tertiary/aromatic N) is 2. The fraction of sp³-hybridized carbons (Fsp3) is 0.541. The molecule has 0 saturated carbocycles. The number of ether oxygens (including phenoxy) is 2. The molecule has 0 bridgehead atoms. The Morgan fingerprint density at radius 3 is 1.58 bits per heavy atom. The van der Waals surface area contributed by atoms with Crippen molar-refractivity contribution in [2.75, 3.05) is 46.9 Å². The number of piperidine rings is 1. The number of carbonyl (C=O) groups excluding carboxylic acids is 1. The molecule has 2 aromatic rings. The van der Waals surface area contributed by atoms with E-state index in [1.807, 2.05) is 60.3 Å². The molecule has 4 aliphatic rings. The Balaban J connectivity index is 1.34. The second kappa shape index (κ2) is 14.7. The molecule has 3 aliphatic heterocycles. The van der Waals surface area contributed by atoms with Crippen LogP contribution < -0.4 is 0 Å². The van der Waals surface area contributed by atoms with Gasteiger partial charge in [0.25, 0.3) is 0 Å². The maximum absolute atomic E-state index is 13.0. The van der Waals surface area contributed by atoms with Crippen LogP contribution in [0.25, 0.3) is 11.1 Å². The minimum Gasteiger partial charge on any atom is -0.394 e. The number of amides is 1. The normalized spacial score (nSPS) is 32.8. The van der Waals surface area contributed by atoms with E-state index < -0.39 is 79.7 Å². The van der Waals surface area contributed by atoms with Crippen LogP contribution >= 0.6 is 0 Å². The van der Waals surface area contributed by atoms with Gasteiger partial charge in [-0.2, -0.15) is 0 Å². The number of hydrogen-bond acceptors (Lipinski definition) is 12. The molecule has 1 aliphatic carbocycles. The van der Waals surface area contributed by atoms with Gasteiger partial charge in [0.05, 0.1) is 19.8 Å². The van der Waals surface area contributed by atoms with Gasteiger partial charge in [-0.25, -0.2) is 0 Å². The third-order valence-electron chi connectivity index (χ3n) is 10.3. The quantitative estimate of drug-likeness (QED) is 0.157. The molecule has 0 aromatic heterocycles. The van der Waals surface area contributed by atoms with Crippen LogP contribution in [0, 0.1) is 23.7 Å². The summed E-state index contributed by atoms with van der Waals surface area (Å²) >= 11 is 0.